The average molecular weight is 236 g/mol. The molecule has 3 rings (SSSR count). The molecule has 0 aromatic heterocycles. The Bertz CT molecular complexity index is 309. The lowest BCUT2D eigenvalue weighted by Gasteiger charge is -2.44. The lowest BCUT2D eigenvalue weighted by molar-refractivity contribution is 0.0168. The van der Waals surface area contributed by atoms with Gasteiger partial charge in [0.15, 0.2) is 0 Å². The summed E-state index contributed by atoms with van der Waals surface area (Å²) in [6.45, 7) is 7.56. The molecule has 0 aliphatic heterocycles. The number of aliphatic hydroxyl groups excluding tert-OH is 1. The molecule has 0 saturated heterocycles. The van der Waals surface area contributed by atoms with E-state index in [0.717, 1.165) is 30.6 Å². The highest BCUT2D eigenvalue weighted by atomic mass is 16.3. The molecule has 0 aromatic rings. The molecule has 3 saturated carbocycles. The molecule has 0 heterocycles. The fourth-order valence-electron chi connectivity index (χ4n) is 5.54. The predicted octanol–water partition coefficient (Wildman–Crippen LogP) is 4.00. The Hall–Kier alpha value is -0.0400. The average Bonchev–Trinajstić information content (AvgIpc) is 2.61. The summed E-state index contributed by atoms with van der Waals surface area (Å²) in [5, 5.41) is 9.92. The maximum atomic E-state index is 9.92. The van der Waals surface area contributed by atoms with Gasteiger partial charge in [-0.3, -0.25) is 0 Å². The Morgan fingerprint density at radius 2 is 1.76 bits per heavy atom. The zero-order valence-corrected chi connectivity index (χ0v) is 11.7. The summed E-state index contributed by atoms with van der Waals surface area (Å²) in [5.74, 6) is 2.66. The molecular weight excluding hydrogens is 208 g/mol. The standard InChI is InChI=1S/C16H28O/c1-15(2)12-7-8-16(15,3)14(10-12)11-5-4-6-13(17)9-11/h11-14,17H,4-10H2,1-3H3/t11?,12-,13?,14+,16+/m1/s1. The highest BCUT2D eigenvalue weighted by Crippen LogP contribution is 2.70. The van der Waals surface area contributed by atoms with Crippen molar-refractivity contribution in [2.45, 2.75) is 71.8 Å². The molecule has 3 fully saturated rings. The van der Waals surface area contributed by atoms with Crippen molar-refractivity contribution in [2.75, 3.05) is 0 Å². The van der Waals surface area contributed by atoms with Gasteiger partial charge in [0.1, 0.15) is 0 Å². The lowest BCUT2D eigenvalue weighted by atomic mass is 9.61. The van der Waals surface area contributed by atoms with Crippen molar-refractivity contribution in [3.63, 3.8) is 0 Å². The molecule has 5 atom stereocenters. The summed E-state index contributed by atoms with van der Waals surface area (Å²) in [5.41, 5.74) is 1.10. The zero-order valence-electron chi connectivity index (χ0n) is 11.7. The third-order valence-electron chi connectivity index (χ3n) is 7.12. The van der Waals surface area contributed by atoms with E-state index in [1.807, 2.05) is 0 Å². The van der Waals surface area contributed by atoms with E-state index in [9.17, 15) is 5.11 Å². The molecule has 3 aliphatic rings. The van der Waals surface area contributed by atoms with Crippen LogP contribution in [0.25, 0.3) is 0 Å². The molecule has 0 spiro atoms. The van der Waals surface area contributed by atoms with Crippen LogP contribution in [-0.2, 0) is 0 Å². The van der Waals surface area contributed by atoms with Crippen molar-refractivity contribution < 1.29 is 5.11 Å². The van der Waals surface area contributed by atoms with Crippen LogP contribution >= 0.6 is 0 Å². The quantitative estimate of drug-likeness (QED) is 0.729. The smallest absolute Gasteiger partial charge is 0.0543 e. The first-order chi connectivity index (χ1) is 7.95. The number of aliphatic hydroxyl groups is 1. The maximum absolute atomic E-state index is 9.92. The van der Waals surface area contributed by atoms with E-state index >= 15 is 0 Å². The lowest BCUT2D eigenvalue weighted by Crippen LogP contribution is -2.38. The number of rotatable bonds is 1. The van der Waals surface area contributed by atoms with Crippen LogP contribution in [0.4, 0.5) is 0 Å². The van der Waals surface area contributed by atoms with Crippen molar-refractivity contribution >= 4 is 0 Å². The molecule has 3 aliphatic carbocycles. The Balaban J connectivity index is 1.82. The van der Waals surface area contributed by atoms with Crippen LogP contribution in [0.15, 0.2) is 0 Å². The second kappa shape index (κ2) is 3.73. The van der Waals surface area contributed by atoms with Crippen LogP contribution in [0, 0.1) is 28.6 Å². The van der Waals surface area contributed by atoms with E-state index in [4.69, 9.17) is 0 Å². The number of hydrogen-bond acceptors (Lipinski definition) is 1. The van der Waals surface area contributed by atoms with Crippen LogP contribution in [0.1, 0.15) is 65.7 Å². The normalized spacial score (nSPS) is 52.9. The summed E-state index contributed by atoms with van der Waals surface area (Å²) < 4.78 is 0. The molecule has 0 radical (unpaired) electrons. The second-order valence-electron chi connectivity index (χ2n) is 7.80. The number of fused-ring (bicyclic) bond motifs is 2. The van der Waals surface area contributed by atoms with E-state index in [1.165, 1.54) is 32.1 Å². The first-order valence-electron chi connectivity index (χ1n) is 7.63. The van der Waals surface area contributed by atoms with E-state index < -0.39 is 0 Å². The Morgan fingerprint density at radius 1 is 1.00 bits per heavy atom. The summed E-state index contributed by atoms with van der Waals surface area (Å²) >= 11 is 0. The minimum atomic E-state index is -0.000381. The molecule has 0 amide bonds. The molecular formula is C16H28O. The highest BCUT2D eigenvalue weighted by molar-refractivity contribution is 5.11. The fraction of sp³-hybridized carbons (Fsp3) is 1.00. The summed E-state index contributed by atoms with van der Waals surface area (Å²) in [6.07, 6.45) is 9.09. The van der Waals surface area contributed by atoms with Crippen LogP contribution in [0.3, 0.4) is 0 Å². The molecule has 17 heavy (non-hydrogen) atoms. The van der Waals surface area contributed by atoms with Gasteiger partial charge in [-0.2, -0.15) is 0 Å². The molecule has 1 nitrogen and oxygen atoms in total. The number of hydrogen-bond donors (Lipinski definition) is 1. The van der Waals surface area contributed by atoms with Gasteiger partial charge in [0, 0.05) is 0 Å². The summed E-state index contributed by atoms with van der Waals surface area (Å²) in [7, 11) is 0. The van der Waals surface area contributed by atoms with Crippen LogP contribution < -0.4 is 0 Å². The Kier molecular flexibility index (Phi) is 2.63. The van der Waals surface area contributed by atoms with Gasteiger partial charge in [0.25, 0.3) is 0 Å². The monoisotopic (exact) mass is 236 g/mol. The van der Waals surface area contributed by atoms with Gasteiger partial charge in [-0.15, -0.1) is 0 Å². The Morgan fingerprint density at radius 3 is 2.29 bits per heavy atom. The molecule has 2 bridgehead atoms. The van der Waals surface area contributed by atoms with Crippen LogP contribution in [0.5, 0.6) is 0 Å². The largest absolute Gasteiger partial charge is 0.393 e. The topological polar surface area (TPSA) is 20.2 Å². The van der Waals surface area contributed by atoms with Gasteiger partial charge in [0.2, 0.25) is 0 Å². The fourth-order valence-corrected chi connectivity index (χ4v) is 5.54. The van der Waals surface area contributed by atoms with Gasteiger partial charge < -0.3 is 5.11 Å². The molecule has 1 N–H and O–H groups in total. The Labute approximate surface area is 106 Å². The molecule has 2 unspecified atom stereocenters. The van der Waals surface area contributed by atoms with Gasteiger partial charge >= 0.3 is 0 Å². The van der Waals surface area contributed by atoms with Crippen molar-refractivity contribution in [3.05, 3.63) is 0 Å². The summed E-state index contributed by atoms with van der Waals surface area (Å²) in [4.78, 5) is 0. The third-order valence-corrected chi connectivity index (χ3v) is 7.12. The van der Waals surface area contributed by atoms with E-state index in [0.29, 0.717) is 10.8 Å². The van der Waals surface area contributed by atoms with Gasteiger partial charge in [0.05, 0.1) is 6.10 Å². The third kappa shape index (κ3) is 1.54. The van der Waals surface area contributed by atoms with Crippen molar-refractivity contribution in [3.8, 4) is 0 Å². The van der Waals surface area contributed by atoms with E-state index in [1.54, 1.807) is 0 Å². The minimum absolute atomic E-state index is 0.000381. The van der Waals surface area contributed by atoms with E-state index in [-0.39, 0.29) is 6.10 Å². The molecule has 1 heteroatoms. The first kappa shape index (κ1) is 12.0. The minimum Gasteiger partial charge on any atom is -0.393 e. The van der Waals surface area contributed by atoms with Crippen LogP contribution in [-0.4, -0.2) is 11.2 Å². The van der Waals surface area contributed by atoms with Crippen molar-refractivity contribution in [1.29, 1.82) is 0 Å². The van der Waals surface area contributed by atoms with Gasteiger partial charge in [-0.05, 0) is 67.1 Å². The first-order valence-corrected chi connectivity index (χ1v) is 7.63. The van der Waals surface area contributed by atoms with Gasteiger partial charge in [-0.1, -0.05) is 27.2 Å². The van der Waals surface area contributed by atoms with Gasteiger partial charge in [-0.25, -0.2) is 0 Å². The zero-order chi connectivity index (χ0) is 12.3. The van der Waals surface area contributed by atoms with E-state index in [2.05, 4.69) is 20.8 Å². The second-order valence-corrected chi connectivity index (χ2v) is 7.80. The maximum Gasteiger partial charge on any atom is 0.0543 e. The molecule has 0 aromatic carbocycles. The van der Waals surface area contributed by atoms with Crippen molar-refractivity contribution in [1.82, 2.24) is 0 Å². The van der Waals surface area contributed by atoms with Crippen molar-refractivity contribution in [2.24, 2.45) is 28.6 Å². The predicted molar refractivity (Wildman–Crippen MR) is 70.7 cm³/mol. The summed E-state index contributed by atoms with van der Waals surface area (Å²) in [6, 6.07) is 0. The molecule has 98 valence electrons. The highest BCUT2D eigenvalue weighted by Gasteiger charge is 2.62. The van der Waals surface area contributed by atoms with Crippen LogP contribution in [0.2, 0.25) is 0 Å². The SMILES string of the molecule is CC1(C)[C@@H]2CC[C@@]1(C)[C@H](C1CCCC(O)C1)C2.